The fourth-order valence-electron chi connectivity index (χ4n) is 2.17. The van der Waals surface area contributed by atoms with Gasteiger partial charge < -0.3 is 19.1 Å². The average molecular weight is 421 g/mol. The van der Waals surface area contributed by atoms with E-state index in [1.165, 1.54) is 0 Å². The van der Waals surface area contributed by atoms with Crippen LogP contribution >= 0.6 is 0 Å². The van der Waals surface area contributed by atoms with E-state index in [0.717, 1.165) is 14.1 Å². The molecule has 0 N–H and O–H groups in total. The Morgan fingerprint density at radius 3 is 1.74 bits per heavy atom. The van der Waals surface area contributed by atoms with Crippen molar-refractivity contribution < 1.29 is 63.4 Å². The van der Waals surface area contributed by atoms with Gasteiger partial charge in [0.2, 0.25) is 0 Å². The number of carboxylic acid groups (broad SMARTS) is 1. The van der Waals surface area contributed by atoms with Crippen molar-refractivity contribution in [2.45, 2.75) is 43.4 Å². The van der Waals surface area contributed by atoms with Crippen molar-refractivity contribution in [3.05, 3.63) is 0 Å². The predicted octanol–water partition coefficient (Wildman–Crippen LogP) is 1.60. The fraction of sp³-hybridized carbons (Fsp3) is 0.846. The Bertz CT molecular complexity index is 560. The number of hydrogen-bond acceptors (Lipinski definition) is 4. The van der Waals surface area contributed by atoms with Crippen molar-refractivity contribution in [1.82, 2.24) is 0 Å². The highest BCUT2D eigenvalue weighted by molar-refractivity contribution is 5.66. The topological polar surface area (TPSA) is 66.4 Å². The summed E-state index contributed by atoms with van der Waals surface area (Å²) in [6, 6.07) is 0. The summed E-state index contributed by atoms with van der Waals surface area (Å²) in [7, 11) is 2.12. The number of alkyl halides is 9. The molecule has 5 nitrogen and oxygen atoms in total. The third kappa shape index (κ3) is 6.14. The SMILES string of the molecule is CC(=O)OC(CC(F)(F)C(F)(F)C(F)(F)C(F)(F)F)C[N+](C)(C)CC(=O)[O-]. The second-order valence-electron chi connectivity index (χ2n) is 6.43. The molecular formula is C13H16F9NO4. The van der Waals surface area contributed by atoms with Crippen molar-refractivity contribution in [3.63, 3.8) is 0 Å². The Morgan fingerprint density at radius 1 is 0.963 bits per heavy atom. The zero-order valence-electron chi connectivity index (χ0n) is 14.2. The van der Waals surface area contributed by atoms with E-state index in [1.807, 2.05) is 0 Å². The first kappa shape index (κ1) is 25.3. The van der Waals surface area contributed by atoms with Gasteiger partial charge in [-0.1, -0.05) is 0 Å². The normalized spacial score (nSPS) is 15.4. The third-order valence-corrected chi connectivity index (χ3v) is 3.28. The summed E-state index contributed by atoms with van der Waals surface area (Å²) in [6.45, 7) is -1.14. The van der Waals surface area contributed by atoms with Gasteiger partial charge in [-0.2, -0.15) is 39.5 Å². The summed E-state index contributed by atoms with van der Waals surface area (Å²) in [4.78, 5) is 21.5. The van der Waals surface area contributed by atoms with Gasteiger partial charge in [-0.05, 0) is 0 Å². The highest BCUT2D eigenvalue weighted by Crippen LogP contribution is 2.54. The maximum Gasteiger partial charge on any atom is 0.460 e. The van der Waals surface area contributed by atoms with Gasteiger partial charge in [-0.3, -0.25) is 4.79 Å². The van der Waals surface area contributed by atoms with Crippen molar-refractivity contribution in [2.24, 2.45) is 0 Å². The quantitative estimate of drug-likeness (QED) is 0.322. The second-order valence-corrected chi connectivity index (χ2v) is 6.43. The number of esters is 1. The summed E-state index contributed by atoms with van der Waals surface area (Å²) < 4.78 is 120. The molecule has 14 heteroatoms. The maximum absolute atomic E-state index is 13.7. The molecule has 0 amide bonds. The molecule has 27 heavy (non-hydrogen) atoms. The summed E-state index contributed by atoms with van der Waals surface area (Å²) in [5.41, 5.74) is 0. The molecule has 0 aliphatic carbocycles. The molecule has 0 rings (SSSR count). The van der Waals surface area contributed by atoms with Crippen LogP contribution in [0.2, 0.25) is 0 Å². The summed E-state index contributed by atoms with van der Waals surface area (Å²) >= 11 is 0. The first-order valence-corrected chi connectivity index (χ1v) is 7.05. The van der Waals surface area contributed by atoms with Crippen molar-refractivity contribution in [1.29, 1.82) is 0 Å². The summed E-state index contributed by atoms with van der Waals surface area (Å²) in [5.74, 6) is -22.9. The molecule has 0 aromatic heterocycles. The van der Waals surface area contributed by atoms with Gasteiger partial charge in [0.1, 0.15) is 13.1 Å². The largest absolute Gasteiger partial charge is 0.544 e. The Balaban J connectivity index is 5.74. The lowest BCUT2D eigenvalue weighted by Gasteiger charge is -2.37. The molecule has 0 saturated carbocycles. The molecule has 0 heterocycles. The van der Waals surface area contributed by atoms with Crippen molar-refractivity contribution in [3.8, 4) is 0 Å². The van der Waals surface area contributed by atoms with Crippen LogP contribution in [-0.4, -0.2) is 73.7 Å². The van der Waals surface area contributed by atoms with Gasteiger partial charge in [-0.25, -0.2) is 0 Å². The zero-order chi connectivity index (χ0) is 22.1. The molecule has 1 unspecified atom stereocenters. The smallest absolute Gasteiger partial charge is 0.460 e. The molecule has 0 aliphatic rings. The van der Waals surface area contributed by atoms with E-state index in [0.29, 0.717) is 6.92 Å². The van der Waals surface area contributed by atoms with Crippen LogP contribution in [0.4, 0.5) is 39.5 Å². The number of ether oxygens (including phenoxy) is 1. The number of carboxylic acids is 1. The summed E-state index contributed by atoms with van der Waals surface area (Å²) in [5, 5.41) is 10.6. The van der Waals surface area contributed by atoms with Gasteiger partial charge >= 0.3 is 29.9 Å². The first-order valence-electron chi connectivity index (χ1n) is 7.05. The number of carbonyl (C=O) groups is 2. The highest BCUT2D eigenvalue weighted by atomic mass is 19.4. The van der Waals surface area contributed by atoms with Gasteiger partial charge in [0, 0.05) is 6.92 Å². The lowest BCUT2D eigenvalue weighted by atomic mass is 9.98. The number of likely N-dealkylation sites (N-methyl/N-ethyl adjacent to an activating group) is 1. The lowest BCUT2D eigenvalue weighted by molar-refractivity contribution is -0.887. The maximum atomic E-state index is 13.7. The van der Waals surface area contributed by atoms with Crippen LogP contribution in [0.3, 0.4) is 0 Å². The lowest BCUT2D eigenvalue weighted by Crippen LogP contribution is -2.62. The van der Waals surface area contributed by atoms with Gasteiger partial charge in [-0.15, -0.1) is 0 Å². The Morgan fingerprint density at radius 2 is 1.41 bits per heavy atom. The average Bonchev–Trinajstić information content (AvgIpc) is 2.32. The zero-order valence-corrected chi connectivity index (χ0v) is 14.2. The molecule has 0 radical (unpaired) electrons. The Kier molecular flexibility index (Phi) is 7.22. The fourth-order valence-corrected chi connectivity index (χ4v) is 2.17. The molecule has 0 bridgehead atoms. The van der Waals surface area contributed by atoms with E-state index in [2.05, 4.69) is 4.74 Å². The molecule has 0 saturated heterocycles. The third-order valence-electron chi connectivity index (χ3n) is 3.28. The van der Waals surface area contributed by atoms with E-state index in [9.17, 15) is 54.2 Å². The molecule has 0 aliphatic heterocycles. The van der Waals surface area contributed by atoms with Crippen LogP contribution in [0.15, 0.2) is 0 Å². The van der Waals surface area contributed by atoms with Crippen LogP contribution < -0.4 is 5.11 Å². The van der Waals surface area contributed by atoms with E-state index < -0.39 is 66.0 Å². The molecule has 1 atom stereocenters. The minimum absolute atomic E-state index is 0.645. The second kappa shape index (κ2) is 7.72. The van der Waals surface area contributed by atoms with Crippen LogP contribution in [0, 0.1) is 0 Å². The predicted molar refractivity (Wildman–Crippen MR) is 67.9 cm³/mol. The van der Waals surface area contributed by atoms with E-state index in [1.54, 1.807) is 0 Å². The molecule has 0 fully saturated rings. The van der Waals surface area contributed by atoms with E-state index in [4.69, 9.17) is 0 Å². The molecule has 0 spiro atoms. The number of halogens is 9. The Labute approximate surface area is 147 Å². The number of aliphatic carboxylic acids is 1. The summed E-state index contributed by atoms with van der Waals surface area (Å²) in [6.07, 6.45) is -11.7. The monoisotopic (exact) mass is 421 g/mol. The molecule has 0 aromatic rings. The van der Waals surface area contributed by atoms with Gasteiger partial charge in [0.05, 0.1) is 26.5 Å². The van der Waals surface area contributed by atoms with Crippen molar-refractivity contribution >= 4 is 11.9 Å². The van der Waals surface area contributed by atoms with Crippen LogP contribution in [0.1, 0.15) is 13.3 Å². The molecule has 0 aromatic carbocycles. The first-order chi connectivity index (χ1) is 11.7. The van der Waals surface area contributed by atoms with Crippen LogP contribution in [-0.2, 0) is 14.3 Å². The molecule has 160 valence electrons. The Hall–Kier alpha value is -1.73. The highest BCUT2D eigenvalue weighted by Gasteiger charge is 2.81. The van der Waals surface area contributed by atoms with Crippen LogP contribution in [0.5, 0.6) is 0 Å². The number of carbonyl (C=O) groups excluding carboxylic acids is 2. The standard InChI is InChI=1S/C13H16F9NO4/c1-7(24)27-8(5-23(2,3)6-9(25)26)4-10(14,15)11(16,17)12(18,19)13(20,21)22/h8H,4-6H2,1-3H3. The number of nitrogens with zero attached hydrogens (tertiary/aromatic N) is 1. The number of quaternary nitrogens is 1. The minimum atomic E-state index is -7.07. The molecular weight excluding hydrogens is 405 g/mol. The van der Waals surface area contributed by atoms with E-state index >= 15 is 0 Å². The number of rotatable bonds is 9. The van der Waals surface area contributed by atoms with E-state index in [-0.39, 0.29) is 0 Å². The van der Waals surface area contributed by atoms with Crippen molar-refractivity contribution in [2.75, 3.05) is 27.2 Å². The minimum Gasteiger partial charge on any atom is -0.544 e. The van der Waals surface area contributed by atoms with Crippen LogP contribution in [0.25, 0.3) is 0 Å². The van der Waals surface area contributed by atoms with Gasteiger partial charge in [0.15, 0.2) is 6.10 Å². The number of hydrogen-bond donors (Lipinski definition) is 0. The van der Waals surface area contributed by atoms with Gasteiger partial charge in [0.25, 0.3) is 0 Å².